The molecule has 214 valence electrons. The molecule has 0 bridgehead atoms. The molecule has 1 aliphatic carbocycles. The van der Waals surface area contributed by atoms with Crippen LogP contribution in [-0.4, -0.2) is 50.0 Å². The number of carbonyl (C=O) groups is 2. The zero-order valence-electron chi connectivity index (χ0n) is 22.5. The molecule has 1 N–H and O–H groups in total. The molecule has 39 heavy (non-hydrogen) atoms. The lowest BCUT2D eigenvalue weighted by atomic mass is 9.95. The van der Waals surface area contributed by atoms with Crippen LogP contribution in [0, 0.1) is 6.92 Å². The molecular weight excluding hydrogens is 531 g/mol. The van der Waals surface area contributed by atoms with Crippen molar-refractivity contribution in [1.82, 2.24) is 10.2 Å². The Hall–Kier alpha value is -3.08. The fourth-order valence-corrected chi connectivity index (χ4v) is 5.73. The number of anilines is 1. The Morgan fingerprint density at radius 1 is 1.05 bits per heavy atom. The van der Waals surface area contributed by atoms with Gasteiger partial charge in [-0.25, -0.2) is 8.42 Å². The molecule has 1 atom stereocenters. The smallest absolute Gasteiger partial charge is 0.352 e. The van der Waals surface area contributed by atoms with Gasteiger partial charge in [-0.15, -0.1) is 0 Å². The molecule has 2 amide bonds. The van der Waals surface area contributed by atoms with Crippen molar-refractivity contribution in [3.8, 4) is 0 Å². The number of rotatable bonds is 10. The Labute approximate surface area is 228 Å². The molecule has 1 saturated carbocycles. The van der Waals surface area contributed by atoms with E-state index in [9.17, 15) is 31.2 Å². The maximum atomic E-state index is 13.8. The molecule has 0 unspecified atom stereocenters. The van der Waals surface area contributed by atoms with Gasteiger partial charge in [0.1, 0.15) is 12.6 Å². The van der Waals surface area contributed by atoms with Gasteiger partial charge in [-0.1, -0.05) is 56.5 Å². The summed E-state index contributed by atoms with van der Waals surface area (Å²) in [6.45, 7) is 2.93. The van der Waals surface area contributed by atoms with Gasteiger partial charge in [0.15, 0.2) is 0 Å². The summed E-state index contributed by atoms with van der Waals surface area (Å²) >= 11 is 0. The number of alkyl halides is 3. The molecular formula is C28H36F3N3O4S. The first-order chi connectivity index (χ1) is 18.3. The highest BCUT2D eigenvalue weighted by Crippen LogP contribution is 2.32. The first-order valence-electron chi connectivity index (χ1n) is 13.1. The van der Waals surface area contributed by atoms with Gasteiger partial charge in [-0.05, 0) is 55.5 Å². The molecule has 0 spiro atoms. The van der Waals surface area contributed by atoms with Crippen LogP contribution in [-0.2, 0) is 32.3 Å². The van der Waals surface area contributed by atoms with Gasteiger partial charge < -0.3 is 10.2 Å². The predicted octanol–water partition coefficient (Wildman–Crippen LogP) is 5.04. The van der Waals surface area contributed by atoms with E-state index in [0.29, 0.717) is 10.4 Å². The van der Waals surface area contributed by atoms with Crippen LogP contribution >= 0.6 is 0 Å². The quantitative estimate of drug-likeness (QED) is 0.436. The van der Waals surface area contributed by atoms with Crippen LogP contribution in [0.1, 0.15) is 62.1 Å². The average Bonchev–Trinajstić information content (AvgIpc) is 2.87. The van der Waals surface area contributed by atoms with Gasteiger partial charge in [-0.3, -0.25) is 13.9 Å². The minimum atomic E-state index is -4.69. The Balaban J connectivity index is 1.96. The van der Waals surface area contributed by atoms with Crippen LogP contribution in [0.25, 0.3) is 0 Å². The standard InChI is InChI=1S/C28H36F3N3O4S/c1-4-25(27(36)32-23-14-6-5-7-15-23)33(18-21-12-9-8-11-20(21)2)26(35)19-34(39(3,37)38)24-16-10-13-22(17-24)28(29,30)31/h8-13,16-17,23,25H,4-7,14-15,18-19H2,1-3H3,(H,32,36)/t25-/m0/s1. The number of hydrogen-bond donors (Lipinski definition) is 1. The number of sulfonamides is 1. The number of aryl methyl sites for hydroxylation is 1. The van der Waals surface area contributed by atoms with Gasteiger partial charge >= 0.3 is 6.18 Å². The summed E-state index contributed by atoms with van der Waals surface area (Å²) in [5.41, 5.74) is 0.350. The van der Waals surface area contributed by atoms with E-state index in [1.165, 1.54) is 11.0 Å². The van der Waals surface area contributed by atoms with Crippen LogP contribution in [0.2, 0.25) is 0 Å². The van der Waals surface area contributed by atoms with E-state index < -0.39 is 40.3 Å². The SMILES string of the molecule is CC[C@@H](C(=O)NC1CCCCC1)N(Cc1ccccc1C)C(=O)CN(c1cccc(C(F)(F)F)c1)S(C)(=O)=O. The van der Waals surface area contributed by atoms with E-state index in [-0.39, 0.29) is 30.6 Å². The van der Waals surface area contributed by atoms with Gasteiger partial charge in [0.25, 0.3) is 0 Å². The molecule has 1 aliphatic rings. The van der Waals surface area contributed by atoms with Gasteiger partial charge in [-0.2, -0.15) is 13.2 Å². The zero-order chi connectivity index (χ0) is 28.8. The van der Waals surface area contributed by atoms with E-state index in [1.54, 1.807) is 13.0 Å². The van der Waals surface area contributed by atoms with Crippen LogP contribution < -0.4 is 9.62 Å². The zero-order valence-corrected chi connectivity index (χ0v) is 23.3. The Bertz CT molecular complexity index is 1260. The predicted molar refractivity (Wildman–Crippen MR) is 144 cm³/mol. The first kappa shape index (κ1) is 30.5. The second kappa shape index (κ2) is 12.8. The van der Waals surface area contributed by atoms with Crippen molar-refractivity contribution in [1.29, 1.82) is 0 Å². The van der Waals surface area contributed by atoms with Crippen LogP contribution in [0.5, 0.6) is 0 Å². The topological polar surface area (TPSA) is 86.8 Å². The summed E-state index contributed by atoms with van der Waals surface area (Å²) in [7, 11) is -4.15. The molecule has 3 rings (SSSR count). The maximum Gasteiger partial charge on any atom is 0.416 e. The van der Waals surface area contributed by atoms with Crippen molar-refractivity contribution in [3.63, 3.8) is 0 Å². The summed E-state index contributed by atoms with van der Waals surface area (Å²) in [5.74, 6) is -1.01. The van der Waals surface area contributed by atoms with Crippen molar-refractivity contribution >= 4 is 27.5 Å². The van der Waals surface area contributed by atoms with Crippen molar-refractivity contribution in [2.45, 2.75) is 77.2 Å². The molecule has 0 aliphatic heterocycles. The van der Waals surface area contributed by atoms with Crippen molar-refractivity contribution in [2.24, 2.45) is 0 Å². The first-order valence-corrected chi connectivity index (χ1v) is 15.0. The summed E-state index contributed by atoms with van der Waals surface area (Å²) in [6.07, 6.45) is 1.25. The van der Waals surface area contributed by atoms with E-state index in [4.69, 9.17) is 0 Å². The van der Waals surface area contributed by atoms with Crippen molar-refractivity contribution < 1.29 is 31.2 Å². The van der Waals surface area contributed by atoms with Crippen LogP contribution in [0.15, 0.2) is 48.5 Å². The number of amides is 2. The maximum absolute atomic E-state index is 13.8. The summed E-state index contributed by atoms with van der Waals surface area (Å²) in [4.78, 5) is 28.5. The van der Waals surface area contributed by atoms with E-state index >= 15 is 0 Å². The third kappa shape index (κ3) is 8.20. The van der Waals surface area contributed by atoms with Crippen LogP contribution in [0.4, 0.5) is 18.9 Å². The second-order valence-corrected chi connectivity index (χ2v) is 11.9. The Kier molecular flexibility index (Phi) is 10.0. The lowest BCUT2D eigenvalue weighted by Crippen LogP contribution is -2.54. The molecule has 7 nitrogen and oxygen atoms in total. The van der Waals surface area contributed by atoms with Gasteiger partial charge in [0, 0.05) is 12.6 Å². The summed E-state index contributed by atoms with van der Waals surface area (Å²) in [6, 6.07) is 10.3. The highest BCUT2D eigenvalue weighted by atomic mass is 32.2. The molecule has 0 aromatic heterocycles. The lowest BCUT2D eigenvalue weighted by Gasteiger charge is -2.34. The number of halogens is 3. The second-order valence-electron chi connectivity index (χ2n) is 10.0. The number of nitrogens with zero attached hydrogens (tertiary/aromatic N) is 2. The van der Waals surface area contributed by atoms with E-state index in [0.717, 1.165) is 61.6 Å². The highest BCUT2D eigenvalue weighted by Gasteiger charge is 2.35. The van der Waals surface area contributed by atoms with E-state index in [2.05, 4.69) is 5.32 Å². The average molecular weight is 568 g/mol. The van der Waals surface area contributed by atoms with E-state index in [1.807, 2.05) is 25.1 Å². The van der Waals surface area contributed by atoms with Crippen molar-refractivity contribution in [2.75, 3.05) is 17.1 Å². The Morgan fingerprint density at radius 2 is 1.72 bits per heavy atom. The largest absolute Gasteiger partial charge is 0.416 e. The molecule has 0 heterocycles. The minimum Gasteiger partial charge on any atom is -0.352 e. The summed E-state index contributed by atoms with van der Waals surface area (Å²) < 4.78 is 66.1. The lowest BCUT2D eigenvalue weighted by molar-refractivity contribution is -0.140. The number of carbonyl (C=O) groups excluding carboxylic acids is 2. The third-order valence-corrected chi connectivity index (χ3v) is 8.22. The monoisotopic (exact) mass is 567 g/mol. The van der Waals surface area contributed by atoms with Crippen LogP contribution in [0.3, 0.4) is 0 Å². The fourth-order valence-electron chi connectivity index (χ4n) is 4.89. The van der Waals surface area contributed by atoms with Crippen molar-refractivity contribution in [3.05, 3.63) is 65.2 Å². The summed E-state index contributed by atoms with van der Waals surface area (Å²) in [5, 5.41) is 3.06. The molecule has 0 radical (unpaired) electrons. The molecule has 11 heteroatoms. The van der Waals surface area contributed by atoms with Gasteiger partial charge in [0.05, 0.1) is 17.5 Å². The number of hydrogen-bond acceptors (Lipinski definition) is 4. The number of nitrogens with one attached hydrogen (secondary N) is 1. The number of benzene rings is 2. The fraction of sp³-hybridized carbons (Fsp3) is 0.500. The molecule has 1 fully saturated rings. The third-order valence-electron chi connectivity index (χ3n) is 7.08. The molecule has 0 saturated heterocycles. The normalized spacial score (nSPS) is 15.4. The molecule has 2 aromatic rings. The minimum absolute atomic E-state index is 0.00772. The molecule has 2 aromatic carbocycles. The van der Waals surface area contributed by atoms with Gasteiger partial charge in [0.2, 0.25) is 21.8 Å². The highest BCUT2D eigenvalue weighted by molar-refractivity contribution is 7.92. The Morgan fingerprint density at radius 3 is 2.31 bits per heavy atom.